The first kappa shape index (κ1) is 15.7. The molecule has 0 bridgehead atoms. The number of likely N-dealkylation sites (N-methyl/N-ethyl adjacent to an activating group) is 1. The van der Waals surface area contributed by atoms with Gasteiger partial charge in [-0.2, -0.15) is 0 Å². The number of amides is 1. The minimum absolute atomic E-state index is 0.0522. The van der Waals surface area contributed by atoms with Gasteiger partial charge < -0.3 is 10.6 Å². The van der Waals surface area contributed by atoms with Crippen LogP contribution in [-0.2, 0) is 11.3 Å². The maximum absolute atomic E-state index is 12.3. The predicted molar refractivity (Wildman–Crippen MR) is 80.5 cm³/mol. The lowest BCUT2D eigenvalue weighted by Crippen LogP contribution is -2.46. The molecule has 1 amide bonds. The van der Waals surface area contributed by atoms with E-state index in [1.807, 2.05) is 30.9 Å². The molecule has 0 fully saturated rings. The molecule has 0 radical (unpaired) electrons. The Morgan fingerprint density at radius 2 is 2.17 bits per heavy atom. The number of halogens is 1. The number of rotatable bonds is 6. The van der Waals surface area contributed by atoms with Crippen molar-refractivity contribution < 1.29 is 4.79 Å². The van der Waals surface area contributed by atoms with E-state index in [1.165, 1.54) is 4.88 Å². The number of nitrogens with two attached hydrogens (primary N) is 1. The van der Waals surface area contributed by atoms with Crippen molar-refractivity contribution in [3.05, 3.63) is 20.8 Å². The van der Waals surface area contributed by atoms with Gasteiger partial charge in [-0.25, -0.2) is 0 Å². The third-order valence-electron chi connectivity index (χ3n) is 3.21. The Morgan fingerprint density at radius 1 is 1.50 bits per heavy atom. The SMILES string of the molecule is CCC(C)[C@H](N)C(=O)N(CC)Cc1ccc(Br)s1. The second kappa shape index (κ2) is 7.26. The maximum atomic E-state index is 12.3. The van der Waals surface area contributed by atoms with Crippen LogP contribution in [0.25, 0.3) is 0 Å². The fourth-order valence-electron chi connectivity index (χ4n) is 1.68. The van der Waals surface area contributed by atoms with E-state index in [4.69, 9.17) is 5.73 Å². The molecule has 1 aromatic rings. The van der Waals surface area contributed by atoms with E-state index in [9.17, 15) is 4.79 Å². The molecule has 0 aromatic carbocycles. The normalized spacial score (nSPS) is 14.3. The van der Waals surface area contributed by atoms with Crippen LogP contribution in [0.4, 0.5) is 0 Å². The van der Waals surface area contributed by atoms with E-state index in [1.54, 1.807) is 11.3 Å². The molecule has 1 heterocycles. The van der Waals surface area contributed by atoms with Gasteiger partial charge in [-0.05, 0) is 40.9 Å². The van der Waals surface area contributed by atoms with Crippen molar-refractivity contribution in [2.24, 2.45) is 11.7 Å². The highest BCUT2D eigenvalue weighted by atomic mass is 79.9. The van der Waals surface area contributed by atoms with Crippen LogP contribution in [-0.4, -0.2) is 23.4 Å². The van der Waals surface area contributed by atoms with Crippen molar-refractivity contribution in [3.8, 4) is 0 Å². The van der Waals surface area contributed by atoms with Crippen LogP contribution in [0.2, 0.25) is 0 Å². The summed E-state index contributed by atoms with van der Waals surface area (Å²) in [5.74, 6) is 0.276. The minimum atomic E-state index is -0.390. The van der Waals surface area contributed by atoms with Gasteiger partial charge in [0.05, 0.1) is 16.4 Å². The first-order valence-corrected chi connectivity index (χ1v) is 7.89. The smallest absolute Gasteiger partial charge is 0.240 e. The summed E-state index contributed by atoms with van der Waals surface area (Å²) in [4.78, 5) is 15.3. The monoisotopic (exact) mass is 332 g/mol. The van der Waals surface area contributed by atoms with Crippen LogP contribution in [0, 0.1) is 5.92 Å². The highest BCUT2D eigenvalue weighted by Gasteiger charge is 2.24. The van der Waals surface area contributed by atoms with Crippen molar-refractivity contribution in [3.63, 3.8) is 0 Å². The summed E-state index contributed by atoms with van der Waals surface area (Å²) in [6.07, 6.45) is 0.926. The molecular weight excluding hydrogens is 312 g/mol. The molecule has 3 nitrogen and oxygen atoms in total. The molecule has 0 aliphatic carbocycles. The molecule has 0 saturated carbocycles. The molecule has 2 atom stereocenters. The summed E-state index contributed by atoms with van der Waals surface area (Å²) in [5, 5.41) is 0. The summed E-state index contributed by atoms with van der Waals surface area (Å²) in [7, 11) is 0. The highest BCUT2D eigenvalue weighted by Crippen LogP contribution is 2.23. The molecule has 1 aromatic heterocycles. The van der Waals surface area contributed by atoms with E-state index < -0.39 is 6.04 Å². The zero-order chi connectivity index (χ0) is 13.7. The lowest BCUT2D eigenvalue weighted by Gasteiger charge is -2.26. The average molecular weight is 333 g/mol. The Morgan fingerprint density at radius 3 is 2.61 bits per heavy atom. The Balaban J connectivity index is 2.68. The van der Waals surface area contributed by atoms with Gasteiger partial charge in [0.25, 0.3) is 0 Å². The topological polar surface area (TPSA) is 46.3 Å². The summed E-state index contributed by atoms with van der Waals surface area (Å²) >= 11 is 5.09. The fraction of sp³-hybridized carbons (Fsp3) is 0.615. The Bertz CT molecular complexity index is 394. The van der Waals surface area contributed by atoms with Gasteiger partial charge in [0.15, 0.2) is 0 Å². The predicted octanol–water partition coefficient (Wildman–Crippen LogP) is 3.23. The van der Waals surface area contributed by atoms with E-state index >= 15 is 0 Å². The molecule has 1 unspecified atom stereocenters. The Labute approximate surface area is 121 Å². The summed E-state index contributed by atoms with van der Waals surface area (Å²) in [5.41, 5.74) is 6.01. The van der Waals surface area contributed by atoms with Crippen LogP contribution in [0.5, 0.6) is 0 Å². The number of carbonyl (C=O) groups excluding carboxylic acids is 1. The third kappa shape index (κ3) is 4.07. The fourth-order valence-corrected chi connectivity index (χ4v) is 3.18. The Kier molecular flexibility index (Phi) is 6.32. The van der Waals surface area contributed by atoms with E-state index in [-0.39, 0.29) is 11.8 Å². The van der Waals surface area contributed by atoms with E-state index in [2.05, 4.69) is 22.9 Å². The van der Waals surface area contributed by atoms with Crippen LogP contribution in [0.3, 0.4) is 0 Å². The van der Waals surface area contributed by atoms with Crippen LogP contribution < -0.4 is 5.73 Å². The summed E-state index contributed by atoms with van der Waals surface area (Å²) in [6.45, 7) is 7.42. The maximum Gasteiger partial charge on any atom is 0.240 e. The third-order valence-corrected chi connectivity index (χ3v) is 4.82. The molecule has 102 valence electrons. The summed E-state index contributed by atoms with van der Waals surface area (Å²) < 4.78 is 1.09. The van der Waals surface area contributed by atoms with Crippen molar-refractivity contribution >= 4 is 33.2 Å². The molecule has 18 heavy (non-hydrogen) atoms. The van der Waals surface area contributed by atoms with Crippen LogP contribution in [0.1, 0.15) is 32.1 Å². The quantitative estimate of drug-likeness (QED) is 0.869. The average Bonchev–Trinajstić information content (AvgIpc) is 2.78. The molecule has 0 saturated heterocycles. The van der Waals surface area contributed by atoms with Gasteiger partial charge in [-0.15, -0.1) is 11.3 Å². The molecule has 5 heteroatoms. The van der Waals surface area contributed by atoms with Gasteiger partial charge in [-0.3, -0.25) is 4.79 Å². The van der Waals surface area contributed by atoms with Crippen molar-refractivity contribution in [1.82, 2.24) is 4.90 Å². The molecule has 2 N–H and O–H groups in total. The van der Waals surface area contributed by atoms with Crippen LogP contribution in [0.15, 0.2) is 15.9 Å². The number of carbonyl (C=O) groups is 1. The second-order valence-corrected chi connectivity index (χ2v) is 7.02. The minimum Gasteiger partial charge on any atom is -0.336 e. The van der Waals surface area contributed by atoms with Crippen LogP contribution >= 0.6 is 27.3 Å². The molecule has 0 aliphatic rings. The Hall–Kier alpha value is -0.390. The highest BCUT2D eigenvalue weighted by molar-refractivity contribution is 9.11. The van der Waals surface area contributed by atoms with Gasteiger partial charge in [0.2, 0.25) is 5.91 Å². The van der Waals surface area contributed by atoms with Gasteiger partial charge in [0, 0.05) is 11.4 Å². The number of nitrogens with zero attached hydrogens (tertiary/aromatic N) is 1. The van der Waals surface area contributed by atoms with E-state index in [0.717, 1.165) is 10.2 Å². The number of hydrogen-bond donors (Lipinski definition) is 1. The van der Waals surface area contributed by atoms with Gasteiger partial charge in [0.1, 0.15) is 0 Å². The number of hydrogen-bond acceptors (Lipinski definition) is 3. The van der Waals surface area contributed by atoms with Crippen molar-refractivity contribution in [2.75, 3.05) is 6.54 Å². The summed E-state index contributed by atoms with van der Waals surface area (Å²) in [6, 6.07) is 3.66. The molecule has 0 spiro atoms. The molecular formula is C13H21BrN2OS. The molecule has 0 aliphatic heterocycles. The first-order valence-electron chi connectivity index (χ1n) is 6.28. The lowest BCUT2D eigenvalue weighted by atomic mass is 9.99. The largest absolute Gasteiger partial charge is 0.336 e. The van der Waals surface area contributed by atoms with E-state index in [0.29, 0.717) is 13.1 Å². The first-order chi connectivity index (χ1) is 8.49. The van der Waals surface area contributed by atoms with Gasteiger partial charge in [-0.1, -0.05) is 20.3 Å². The molecule has 1 rings (SSSR count). The van der Waals surface area contributed by atoms with Crippen molar-refractivity contribution in [1.29, 1.82) is 0 Å². The standard InChI is InChI=1S/C13H21BrN2OS/c1-4-9(3)12(15)13(17)16(5-2)8-10-6-7-11(14)18-10/h6-7,9,12H,4-5,8,15H2,1-3H3/t9?,12-/m0/s1. The zero-order valence-corrected chi connectivity index (χ0v) is 13.6. The van der Waals surface area contributed by atoms with Gasteiger partial charge >= 0.3 is 0 Å². The van der Waals surface area contributed by atoms with Crippen molar-refractivity contribution in [2.45, 2.75) is 39.8 Å². The number of thiophene rings is 1. The zero-order valence-electron chi connectivity index (χ0n) is 11.1. The lowest BCUT2D eigenvalue weighted by molar-refractivity contribution is -0.134. The second-order valence-electron chi connectivity index (χ2n) is 4.47.